The molecule has 2 heterocycles. The van der Waals surface area contributed by atoms with Crippen molar-refractivity contribution in [1.29, 1.82) is 0 Å². The SMILES string of the molecule is COc1cccc(SC(C)C(=O)N2CCc3sccc3C2)c1. The van der Waals surface area contributed by atoms with Crippen LogP contribution in [0, 0.1) is 0 Å². The van der Waals surface area contributed by atoms with Crippen LogP contribution in [0.4, 0.5) is 0 Å². The highest BCUT2D eigenvalue weighted by atomic mass is 32.2. The van der Waals surface area contributed by atoms with Crippen LogP contribution in [0.1, 0.15) is 17.4 Å². The van der Waals surface area contributed by atoms with Crippen molar-refractivity contribution in [2.45, 2.75) is 30.0 Å². The van der Waals surface area contributed by atoms with Gasteiger partial charge in [-0.3, -0.25) is 4.79 Å². The Labute approximate surface area is 139 Å². The molecule has 1 unspecified atom stereocenters. The fourth-order valence-corrected chi connectivity index (χ4v) is 4.51. The van der Waals surface area contributed by atoms with Gasteiger partial charge in [0.1, 0.15) is 5.75 Å². The lowest BCUT2D eigenvalue weighted by Crippen LogP contribution is -2.39. The number of amides is 1. The molecule has 1 amide bonds. The van der Waals surface area contributed by atoms with E-state index in [1.807, 2.05) is 36.1 Å². The van der Waals surface area contributed by atoms with E-state index >= 15 is 0 Å². The van der Waals surface area contributed by atoms with Gasteiger partial charge < -0.3 is 9.64 Å². The lowest BCUT2D eigenvalue weighted by atomic mass is 10.1. The summed E-state index contributed by atoms with van der Waals surface area (Å²) in [7, 11) is 1.66. The van der Waals surface area contributed by atoms with Crippen molar-refractivity contribution in [3.63, 3.8) is 0 Å². The molecule has 0 spiro atoms. The highest BCUT2D eigenvalue weighted by Crippen LogP contribution is 2.30. The molecule has 1 aromatic carbocycles. The summed E-state index contributed by atoms with van der Waals surface area (Å²) < 4.78 is 5.24. The summed E-state index contributed by atoms with van der Waals surface area (Å²) in [6.07, 6.45) is 0.981. The van der Waals surface area contributed by atoms with Gasteiger partial charge >= 0.3 is 0 Å². The minimum atomic E-state index is -0.0905. The van der Waals surface area contributed by atoms with E-state index in [2.05, 4.69) is 11.4 Å². The Morgan fingerprint density at radius 2 is 2.27 bits per heavy atom. The molecular weight excluding hydrogens is 314 g/mol. The minimum absolute atomic E-state index is 0.0905. The lowest BCUT2D eigenvalue weighted by molar-refractivity contribution is -0.131. The number of carbonyl (C=O) groups excluding carboxylic acids is 1. The number of carbonyl (C=O) groups is 1. The van der Waals surface area contributed by atoms with Crippen LogP contribution in [0.15, 0.2) is 40.6 Å². The van der Waals surface area contributed by atoms with Gasteiger partial charge in [0.25, 0.3) is 0 Å². The third-order valence-corrected chi connectivity index (χ3v) is 5.93. The average molecular weight is 333 g/mol. The summed E-state index contributed by atoms with van der Waals surface area (Å²) in [5, 5.41) is 2.03. The Bertz CT molecular complexity index is 668. The maximum atomic E-state index is 12.7. The summed E-state index contributed by atoms with van der Waals surface area (Å²) >= 11 is 3.39. The largest absolute Gasteiger partial charge is 0.497 e. The lowest BCUT2D eigenvalue weighted by Gasteiger charge is -2.29. The van der Waals surface area contributed by atoms with Crippen molar-refractivity contribution in [2.24, 2.45) is 0 Å². The first-order valence-corrected chi connectivity index (χ1v) is 9.08. The number of rotatable bonds is 4. The van der Waals surface area contributed by atoms with Crippen LogP contribution in [-0.2, 0) is 17.8 Å². The normalized spacial score (nSPS) is 15.3. The summed E-state index contributed by atoms with van der Waals surface area (Å²) in [6, 6.07) is 10.0. The number of thioether (sulfide) groups is 1. The van der Waals surface area contributed by atoms with Crippen molar-refractivity contribution in [3.8, 4) is 5.75 Å². The van der Waals surface area contributed by atoms with Gasteiger partial charge in [0.05, 0.1) is 12.4 Å². The minimum Gasteiger partial charge on any atom is -0.497 e. The molecule has 1 aromatic heterocycles. The Kier molecular flexibility index (Phi) is 4.74. The van der Waals surface area contributed by atoms with Crippen molar-refractivity contribution >= 4 is 29.0 Å². The Morgan fingerprint density at radius 1 is 1.41 bits per heavy atom. The molecule has 3 rings (SSSR count). The van der Waals surface area contributed by atoms with Gasteiger partial charge in [0, 0.05) is 22.9 Å². The van der Waals surface area contributed by atoms with Gasteiger partial charge in [-0.15, -0.1) is 23.1 Å². The van der Waals surface area contributed by atoms with Crippen LogP contribution >= 0.6 is 23.1 Å². The van der Waals surface area contributed by atoms with Crippen molar-refractivity contribution in [1.82, 2.24) is 4.90 Å². The zero-order chi connectivity index (χ0) is 15.5. The van der Waals surface area contributed by atoms with Gasteiger partial charge in [-0.05, 0) is 48.6 Å². The molecule has 0 fully saturated rings. The quantitative estimate of drug-likeness (QED) is 0.797. The van der Waals surface area contributed by atoms with E-state index in [9.17, 15) is 4.79 Å². The predicted molar refractivity (Wildman–Crippen MR) is 91.8 cm³/mol. The first-order chi connectivity index (χ1) is 10.7. The Balaban J connectivity index is 1.65. The molecule has 1 aliphatic rings. The van der Waals surface area contributed by atoms with Gasteiger partial charge in [0.2, 0.25) is 5.91 Å². The van der Waals surface area contributed by atoms with Crippen LogP contribution < -0.4 is 4.74 Å². The summed E-state index contributed by atoms with van der Waals surface area (Å²) in [5.41, 5.74) is 1.31. The molecule has 22 heavy (non-hydrogen) atoms. The van der Waals surface area contributed by atoms with E-state index in [1.165, 1.54) is 10.4 Å². The molecule has 0 radical (unpaired) electrons. The fraction of sp³-hybridized carbons (Fsp3) is 0.353. The smallest absolute Gasteiger partial charge is 0.236 e. The van der Waals surface area contributed by atoms with Gasteiger partial charge in [0.15, 0.2) is 0 Å². The molecule has 1 atom stereocenters. The highest BCUT2D eigenvalue weighted by Gasteiger charge is 2.25. The number of benzene rings is 1. The molecule has 0 saturated carbocycles. The number of nitrogens with zero attached hydrogens (tertiary/aromatic N) is 1. The maximum absolute atomic E-state index is 12.7. The monoisotopic (exact) mass is 333 g/mol. The van der Waals surface area contributed by atoms with Gasteiger partial charge in [-0.2, -0.15) is 0 Å². The first-order valence-electron chi connectivity index (χ1n) is 7.32. The second kappa shape index (κ2) is 6.75. The van der Waals surface area contributed by atoms with Gasteiger partial charge in [-0.1, -0.05) is 6.07 Å². The zero-order valence-corrected chi connectivity index (χ0v) is 14.4. The molecule has 0 bridgehead atoms. The summed E-state index contributed by atoms with van der Waals surface area (Å²) in [4.78, 5) is 17.1. The molecule has 116 valence electrons. The Morgan fingerprint density at radius 3 is 3.09 bits per heavy atom. The summed E-state index contributed by atoms with van der Waals surface area (Å²) in [6.45, 7) is 3.56. The number of ether oxygens (including phenoxy) is 1. The molecular formula is C17H19NO2S2. The maximum Gasteiger partial charge on any atom is 0.236 e. The summed E-state index contributed by atoms with van der Waals surface area (Å²) in [5.74, 6) is 1.04. The first kappa shape index (κ1) is 15.4. The highest BCUT2D eigenvalue weighted by molar-refractivity contribution is 8.00. The van der Waals surface area contributed by atoms with Crippen LogP contribution in [0.2, 0.25) is 0 Å². The van der Waals surface area contributed by atoms with E-state index < -0.39 is 0 Å². The molecule has 1 aliphatic heterocycles. The van der Waals surface area contributed by atoms with E-state index in [1.54, 1.807) is 30.2 Å². The molecule has 0 saturated heterocycles. The van der Waals surface area contributed by atoms with E-state index in [4.69, 9.17) is 4.74 Å². The topological polar surface area (TPSA) is 29.5 Å². The van der Waals surface area contributed by atoms with Crippen molar-refractivity contribution < 1.29 is 9.53 Å². The Hall–Kier alpha value is -1.46. The number of hydrogen-bond acceptors (Lipinski definition) is 4. The van der Waals surface area contributed by atoms with Crippen LogP contribution in [0.3, 0.4) is 0 Å². The molecule has 0 aliphatic carbocycles. The zero-order valence-electron chi connectivity index (χ0n) is 12.7. The average Bonchev–Trinajstić information content (AvgIpc) is 3.01. The van der Waals surface area contributed by atoms with Crippen LogP contribution in [0.25, 0.3) is 0 Å². The third kappa shape index (κ3) is 3.31. The van der Waals surface area contributed by atoms with Crippen molar-refractivity contribution in [2.75, 3.05) is 13.7 Å². The second-order valence-electron chi connectivity index (χ2n) is 5.32. The molecule has 0 N–H and O–H groups in total. The van der Waals surface area contributed by atoms with Gasteiger partial charge in [-0.25, -0.2) is 0 Å². The molecule has 5 heteroatoms. The standard InChI is InChI=1S/C17H19NO2S2/c1-12(22-15-5-3-4-14(10-15)20-2)17(19)18-8-6-16-13(11-18)7-9-21-16/h3-5,7,9-10,12H,6,8,11H2,1-2H3. The van der Waals surface area contributed by atoms with Crippen molar-refractivity contribution in [3.05, 3.63) is 46.2 Å². The van der Waals surface area contributed by atoms with E-state index in [0.717, 1.165) is 30.2 Å². The van der Waals surface area contributed by atoms with Crippen LogP contribution in [0.5, 0.6) is 5.75 Å². The number of fused-ring (bicyclic) bond motifs is 1. The second-order valence-corrected chi connectivity index (χ2v) is 7.73. The molecule has 3 nitrogen and oxygen atoms in total. The van der Waals surface area contributed by atoms with Crippen LogP contribution in [-0.4, -0.2) is 29.7 Å². The van der Waals surface area contributed by atoms with E-state index in [0.29, 0.717) is 0 Å². The fourth-order valence-electron chi connectivity index (χ4n) is 2.62. The number of thiophene rings is 1. The molecule has 2 aromatic rings. The third-order valence-electron chi connectivity index (χ3n) is 3.82. The number of methoxy groups -OCH3 is 1. The van der Waals surface area contributed by atoms with E-state index in [-0.39, 0.29) is 11.2 Å². The number of hydrogen-bond donors (Lipinski definition) is 0. The predicted octanol–water partition coefficient (Wildman–Crippen LogP) is 3.82.